The number of hydrogen-bond acceptors (Lipinski definition) is 10. The lowest BCUT2D eigenvalue weighted by atomic mass is 9.97. The van der Waals surface area contributed by atoms with Gasteiger partial charge in [-0.15, -0.1) is 0 Å². The second-order valence-corrected chi connectivity index (χ2v) is 5.51. The average Bonchev–Trinajstić information content (AvgIpc) is 2.50. The summed E-state index contributed by atoms with van der Waals surface area (Å²) in [5.74, 6) is 0. The van der Waals surface area contributed by atoms with Gasteiger partial charge in [-0.05, 0) is 6.92 Å². The fraction of sp³-hybridized carbons (Fsp3) is 1.00. The van der Waals surface area contributed by atoms with E-state index >= 15 is 0 Å². The second-order valence-electron chi connectivity index (χ2n) is 5.51. The summed E-state index contributed by atoms with van der Waals surface area (Å²) in [5.41, 5.74) is 0. The number of aliphatic hydroxyl groups is 7. The second kappa shape index (κ2) is 7.01. The van der Waals surface area contributed by atoms with Crippen LogP contribution < -0.4 is 0 Å². The first-order valence-corrected chi connectivity index (χ1v) is 6.93. The molecule has 0 aliphatic carbocycles. The van der Waals surface area contributed by atoms with Crippen LogP contribution in [0.5, 0.6) is 0 Å². The van der Waals surface area contributed by atoms with Crippen molar-refractivity contribution in [3.05, 3.63) is 0 Å². The minimum Gasteiger partial charge on any atom is -0.394 e. The van der Waals surface area contributed by atoms with Gasteiger partial charge in [0.15, 0.2) is 12.6 Å². The quantitative estimate of drug-likeness (QED) is 0.269. The first-order chi connectivity index (χ1) is 10.3. The summed E-state index contributed by atoms with van der Waals surface area (Å²) in [6, 6.07) is 0. The van der Waals surface area contributed by atoms with Crippen LogP contribution >= 0.6 is 0 Å². The zero-order valence-corrected chi connectivity index (χ0v) is 11.8. The van der Waals surface area contributed by atoms with E-state index in [-0.39, 0.29) is 0 Å². The van der Waals surface area contributed by atoms with Crippen LogP contribution in [-0.2, 0) is 14.2 Å². The maximum Gasteiger partial charge on any atom is 0.187 e. The highest BCUT2D eigenvalue weighted by atomic mass is 16.7. The minimum atomic E-state index is -1.71. The summed E-state index contributed by atoms with van der Waals surface area (Å²) >= 11 is 0. The largest absolute Gasteiger partial charge is 0.394 e. The van der Waals surface area contributed by atoms with E-state index in [0.717, 1.165) is 0 Å². The van der Waals surface area contributed by atoms with E-state index in [9.17, 15) is 30.6 Å². The van der Waals surface area contributed by atoms with Crippen molar-refractivity contribution in [1.29, 1.82) is 0 Å². The molecule has 10 heteroatoms. The third-order valence-corrected chi connectivity index (χ3v) is 3.94. The lowest BCUT2D eigenvalue weighted by molar-refractivity contribution is -0.352. The molecule has 2 heterocycles. The van der Waals surface area contributed by atoms with E-state index in [1.165, 1.54) is 6.92 Å². The topological polar surface area (TPSA) is 169 Å². The molecule has 0 aromatic rings. The van der Waals surface area contributed by atoms with Crippen LogP contribution in [0.2, 0.25) is 0 Å². The fourth-order valence-corrected chi connectivity index (χ4v) is 2.51. The molecule has 0 saturated carbocycles. The van der Waals surface area contributed by atoms with E-state index in [0.29, 0.717) is 0 Å². The number of hydrogen-bond donors (Lipinski definition) is 7. The van der Waals surface area contributed by atoms with Gasteiger partial charge in [-0.25, -0.2) is 0 Å². The molecule has 0 radical (unpaired) electrons. The maximum atomic E-state index is 9.99. The monoisotopic (exact) mass is 326 g/mol. The highest BCUT2D eigenvalue weighted by Gasteiger charge is 2.49. The Morgan fingerprint density at radius 2 is 1.45 bits per heavy atom. The summed E-state index contributed by atoms with van der Waals surface area (Å²) in [6.07, 6.45) is -14.3. The van der Waals surface area contributed by atoms with Crippen LogP contribution in [-0.4, -0.2) is 104 Å². The predicted molar refractivity (Wildman–Crippen MR) is 67.2 cm³/mol. The summed E-state index contributed by atoms with van der Waals surface area (Å²) in [4.78, 5) is 0. The molecule has 0 bridgehead atoms. The molecule has 2 aliphatic heterocycles. The molecule has 2 aliphatic rings. The molecule has 2 saturated heterocycles. The summed E-state index contributed by atoms with van der Waals surface area (Å²) < 4.78 is 15.3. The molecule has 10 nitrogen and oxygen atoms in total. The van der Waals surface area contributed by atoms with Crippen LogP contribution in [0, 0.1) is 0 Å². The molecule has 22 heavy (non-hydrogen) atoms. The molecular weight excluding hydrogens is 304 g/mol. The number of rotatable bonds is 3. The van der Waals surface area contributed by atoms with E-state index in [1.807, 2.05) is 0 Å². The number of ether oxygens (including phenoxy) is 3. The van der Waals surface area contributed by atoms with Crippen molar-refractivity contribution in [2.45, 2.75) is 68.3 Å². The molecule has 2 rings (SSSR count). The Morgan fingerprint density at radius 3 is 2.05 bits per heavy atom. The van der Waals surface area contributed by atoms with Gasteiger partial charge in [0.05, 0.1) is 12.7 Å². The Morgan fingerprint density at radius 1 is 0.818 bits per heavy atom. The first kappa shape index (κ1) is 17.9. The molecule has 0 aromatic carbocycles. The van der Waals surface area contributed by atoms with Gasteiger partial charge in [0.25, 0.3) is 0 Å². The number of aliphatic hydroxyl groups excluding tert-OH is 7. The zero-order chi connectivity index (χ0) is 16.6. The van der Waals surface area contributed by atoms with E-state index in [4.69, 9.17) is 19.3 Å². The standard InChI is InChI=1S/C12H22O10/c1-3-5(14)7(16)8(17)12(20-3)22-10-6(15)4(2-13)21-11(19)9(10)18/h3-19H,2H2,1H3/t3-,4-,5+,6-,7+,8-,9-,10+,11-,12+/m1/s1. The molecule has 130 valence electrons. The van der Waals surface area contributed by atoms with E-state index in [2.05, 4.69) is 0 Å². The molecule has 2 fully saturated rings. The zero-order valence-electron chi connectivity index (χ0n) is 11.8. The van der Waals surface area contributed by atoms with Gasteiger partial charge in [-0.1, -0.05) is 0 Å². The van der Waals surface area contributed by atoms with Gasteiger partial charge in [0.1, 0.15) is 42.7 Å². The molecule has 0 amide bonds. The van der Waals surface area contributed by atoms with Crippen LogP contribution in [0.4, 0.5) is 0 Å². The van der Waals surface area contributed by atoms with Crippen LogP contribution in [0.15, 0.2) is 0 Å². The van der Waals surface area contributed by atoms with Gasteiger partial charge >= 0.3 is 0 Å². The summed E-state index contributed by atoms with van der Waals surface area (Å²) in [6.45, 7) is 0.814. The molecule has 0 unspecified atom stereocenters. The first-order valence-electron chi connectivity index (χ1n) is 6.93. The van der Waals surface area contributed by atoms with E-state index in [1.54, 1.807) is 0 Å². The third kappa shape index (κ3) is 3.26. The Balaban J connectivity index is 2.10. The van der Waals surface area contributed by atoms with Crippen LogP contribution in [0.1, 0.15) is 6.92 Å². The highest BCUT2D eigenvalue weighted by molar-refractivity contribution is 4.93. The van der Waals surface area contributed by atoms with Crippen molar-refractivity contribution >= 4 is 0 Å². The third-order valence-electron chi connectivity index (χ3n) is 3.94. The van der Waals surface area contributed by atoms with Crippen molar-refractivity contribution < 1.29 is 50.0 Å². The van der Waals surface area contributed by atoms with Crippen molar-refractivity contribution in [1.82, 2.24) is 0 Å². The average molecular weight is 326 g/mol. The van der Waals surface area contributed by atoms with Crippen molar-refractivity contribution in [2.75, 3.05) is 6.61 Å². The van der Waals surface area contributed by atoms with Gasteiger partial charge in [-0.2, -0.15) is 0 Å². The minimum absolute atomic E-state index is 0.628. The Bertz CT molecular complexity index is 368. The van der Waals surface area contributed by atoms with Gasteiger partial charge < -0.3 is 50.0 Å². The lowest BCUT2D eigenvalue weighted by Gasteiger charge is -2.44. The van der Waals surface area contributed by atoms with Gasteiger partial charge in [0, 0.05) is 0 Å². The fourth-order valence-electron chi connectivity index (χ4n) is 2.51. The normalized spacial score (nSPS) is 53.5. The van der Waals surface area contributed by atoms with Gasteiger partial charge in [0.2, 0.25) is 0 Å². The molecule has 7 N–H and O–H groups in total. The van der Waals surface area contributed by atoms with Gasteiger partial charge in [-0.3, -0.25) is 0 Å². The van der Waals surface area contributed by atoms with E-state index < -0.39 is 68.0 Å². The summed E-state index contributed by atoms with van der Waals surface area (Å²) in [5, 5.41) is 67.6. The van der Waals surface area contributed by atoms with Crippen molar-refractivity contribution in [3.8, 4) is 0 Å². The van der Waals surface area contributed by atoms with Crippen LogP contribution in [0.3, 0.4) is 0 Å². The molecule has 0 spiro atoms. The Kier molecular flexibility index (Phi) is 5.72. The smallest absolute Gasteiger partial charge is 0.187 e. The molecular formula is C12H22O10. The maximum absolute atomic E-state index is 9.99. The highest BCUT2D eigenvalue weighted by Crippen LogP contribution is 2.28. The van der Waals surface area contributed by atoms with Crippen LogP contribution in [0.25, 0.3) is 0 Å². The van der Waals surface area contributed by atoms with Crippen molar-refractivity contribution in [2.24, 2.45) is 0 Å². The van der Waals surface area contributed by atoms with Crippen molar-refractivity contribution in [3.63, 3.8) is 0 Å². The molecule has 10 atom stereocenters. The SMILES string of the molecule is C[C@H]1O[C@@H](O[C@@H]2[C@@H](O)[C@H](O)O[C@H](CO)[C@H]2O)[C@H](O)[C@@H](O)[C@H]1O. The lowest BCUT2D eigenvalue weighted by Crippen LogP contribution is -2.63. The Labute approximate surface area is 126 Å². The Hall–Kier alpha value is -0.400. The molecule has 0 aromatic heterocycles. The predicted octanol–water partition coefficient (Wildman–Crippen LogP) is -4.37. The summed E-state index contributed by atoms with van der Waals surface area (Å²) in [7, 11) is 0.